The lowest BCUT2D eigenvalue weighted by molar-refractivity contribution is -0.0562. The fraction of sp³-hybridized carbons (Fsp3) is 0.250. The molecule has 4 heteroatoms. The summed E-state index contributed by atoms with van der Waals surface area (Å²) in [6.45, 7) is 0. The van der Waals surface area contributed by atoms with E-state index in [1.165, 1.54) is 0 Å². The Morgan fingerprint density at radius 1 is 0.650 bits per heavy atom. The molecule has 0 bridgehead atoms. The molecule has 0 spiro atoms. The van der Waals surface area contributed by atoms with Crippen LogP contribution in [0.5, 0.6) is 17.2 Å². The molecule has 2 aromatic rings. The Morgan fingerprint density at radius 2 is 1.10 bits per heavy atom. The van der Waals surface area contributed by atoms with Gasteiger partial charge in [-0.1, -0.05) is 0 Å². The van der Waals surface area contributed by atoms with E-state index < -0.39 is 6.29 Å². The molecule has 0 aromatic heterocycles. The van der Waals surface area contributed by atoms with Gasteiger partial charge in [-0.05, 0) is 48.5 Å². The topological polar surface area (TPSA) is 36.9 Å². The zero-order chi connectivity index (χ0) is 14.4. The second kappa shape index (κ2) is 6.82. The SMILES string of the molecule is COc1ccc(OC(OC)c2ccc(OC)cc2)cc1. The van der Waals surface area contributed by atoms with Gasteiger partial charge in [-0.2, -0.15) is 0 Å². The average molecular weight is 274 g/mol. The fourth-order valence-corrected chi connectivity index (χ4v) is 1.79. The Morgan fingerprint density at radius 3 is 1.55 bits per heavy atom. The summed E-state index contributed by atoms with van der Waals surface area (Å²) in [6, 6.07) is 14.9. The molecule has 0 saturated heterocycles. The summed E-state index contributed by atoms with van der Waals surface area (Å²) in [7, 11) is 4.88. The highest BCUT2D eigenvalue weighted by molar-refractivity contribution is 5.32. The quantitative estimate of drug-likeness (QED) is 0.756. The number of rotatable bonds is 6. The van der Waals surface area contributed by atoms with Crippen molar-refractivity contribution < 1.29 is 18.9 Å². The highest BCUT2D eigenvalue weighted by atomic mass is 16.7. The van der Waals surface area contributed by atoms with E-state index in [0.717, 1.165) is 17.1 Å². The van der Waals surface area contributed by atoms with Crippen molar-refractivity contribution in [3.63, 3.8) is 0 Å². The van der Waals surface area contributed by atoms with Gasteiger partial charge in [-0.3, -0.25) is 0 Å². The Hall–Kier alpha value is -2.20. The van der Waals surface area contributed by atoms with Gasteiger partial charge in [0.2, 0.25) is 6.29 Å². The van der Waals surface area contributed by atoms with Crippen LogP contribution in [-0.4, -0.2) is 21.3 Å². The van der Waals surface area contributed by atoms with Gasteiger partial charge < -0.3 is 18.9 Å². The zero-order valence-electron chi connectivity index (χ0n) is 11.8. The Bertz CT molecular complexity index is 519. The number of benzene rings is 2. The Balaban J connectivity index is 2.10. The second-order valence-electron chi connectivity index (χ2n) is 4.13. The van der Waals surface area contributed by atoms with Crippen molar-refractivity contribution in [1.82, 2.24) is 0 Å². The maximum absolute atomic E-state index is 5.80. The van der Waals surface area contributed by atoms with Crippen molar-refractivity contribution in [1.29, 1.82) is 0 Å². The molecule has 0 amide bonds. The molecule has 0 heterocycles. The molecule has 0 N–H and O–H groups in total. The van der Waals surface area contributed by atoms with Crippen LogP contribution in [0.25, 0.3) is 0 Å². The summed E-state index contributed by atoms with van der Waals surface area (Å²) >= 11 is 0. The Kier molecular flexibility index (Phi) is 4.85. The summed E-state index contributed by atoms with van der Waals surface area (Å²) in [5, 5.41) is 0. The molecule has 1 unspecified atom stereocenters. The van der Waals surface area contributed by atoms with Gasteiger partial charge in [-0.25, -0.2) is 0 Å². The molecule has 0 radical (unpaired) electrons. The van der Waals surface area contributed by atoms with Crippen LogP contribution in [0.15, 0.2) is 48.5 Å². The first kappa shape index (κ1) is 14.2. The van der Waals surface area contributed by atoms with Crippen molar-refractivity contribution >= 4 is 0 Å². The molecular weight excluding hydrogens is 256 g/mol. The summed E-state index contributed by atoms with van der Waals surface area (Å²) in [6.07, 6.45) is -0.464. The molecular formula is C16H18O4. The van der Waals surface area contributed by atoms with Crippen molar-refractivity contribution in [2.75, 3.05) is 21.3 Å². The third-order valence-electron chi connectivity index (χ3n) is 2.90. The average Bonchev–Trinajstić information content (AvgIpc) is 2.53. The van der Waals surface area contributed by atoms with Crippen LogP contribution < -0.4 is 14.2 Å². The Labute approximate surface area is 118 Å². The predicted molar refractivity (Wildman–Crippen MR) is 76.4 cm³/mol. The molecule has 2 aromatic carbocycles. The van der Waals surface area contributed by atoms with E-state index in [4.69, 9.17) is 18.9 Å². The van der Waals surface area contributed by atoms with E-state index in [-0.39, 0.29) is 0 Å². The van der Waals surface area contributed by atoms with Crippen LogP contribution >= 0.6 is 0 Å². The largest absolute Gasteiger partial charge is 0.497 e. The van der Waals surface area contributed by atoms with E-state index in [0.29, 0.717) is 5.75 Å². The summed E-state index contributed by atoms with van der Waals surface area (Å²) in [4.78, 5) is 0. The van der Waals surface area contributed by atoms with Gasteiger partial charge in [0, 0.05) is 12.7 Å². The normalized spacial score (nSPS) is 11.8. The smallest absolute Gasteiger partial charge is 0.226 e. The van der Waals surface area contributed by atoms with Crippen LogP contribution in [0.3, 0.4) is 0 Å². The lowest BCUT2D eigenvalue weighted by Gasteiger charge is -2.18. The molecule has 1 atom stereocenters. The number of methoxy groups -OCH3 is 3. The monoisotopic (exact) mass is 274 g/mol. The van der Waals surface area contributed by atoms with E-state index in [9.17, 15) is 0 Å². The van der Waals surface area contributed by atoms with Crippen molar-refractivity contribution in [3.05, 3.63) is 54.1 Å². The van der Waals surface area contributed by atoms with Crippen LogP contribution in [-0.2, 0) is 4.74 Å². The van der Waals surface area contributed by atoms with Crippen molar-refractivity contribution in [2.45, 2.75) is 6.29 Å². The van der Waals surface area contributed by atoms with Crippen LogP contribution in [0.4, 0.5) is 0 Å². The molecule has 2 rings (SSSR count). The predicted octanol–water partition coefficient (Wildman–Crippen LogP) is 3.43. The van der Waals surface area contributed by atoms with Crippen LogP contribution in [0.1, 0.15) is 11.9 Å². The van der Waals surface area contributed by atoms with Gasteiger partial charge >= 0.3 is 0 Å². The molecule has 4 nitrogen and oxygen atoms in total. The summed E-state index contributed by atoms with van der Waals surface area (Å²) in [5.41, 5.74) is 0.920. The highest BCUT2D eigenvalue weighted by Gasteiger charge is 2.12. The van der Waals surface area contributed by atoms with Crippen molar-refractivity contribution in [2.24, 2.45) is 0 Å². The minimum absolute atomic E-state index is 0.464. The third-order valence-corrected chi connectivity index (χ3v) is 2.90. The fourth-order valence-electron chi connectivity index (χ4n) is 1.79. The van der Waals surface area contributed by atoms with Gasteiger partial charge in [-0.15, -0.1) is 0 Å². The summed E-state index contributed by atoms with van der Waals surface area (Å²) in [5.74, 6) is 2.30. The molecule has 0 aliphatic carbocycles. The molecule has 106 valence electrons. The van der Waals surface area contributed by atoms with Crippen molar-refractivity contribution in [3.8, 4) is 17.2 Å². The molecule has 0 aliphatic rings. The maximum Gasteiger partial charge on any atom is 0.226 e. The van der Waals surface area contributed by atoms with E-state index in [1.807, 2.05) is 48.5 Å². The number of hydrogen-bond donors (Lipinski definition) is 0. The molecule has 20 heavy (non-hydrogen) atoms. The maximum atomic E-state index is 5.80. The van der Waals surface area contributed by atoms with Gasteiger partial charge in [0.1, 0.15) is 17.2 Å². The van der Waals surface area contributed by atoms with E-state index in [1.54, 1.807) is 21.3 Å². The summed E-state index contributed by atoms with van der Waals surface area (Å²) < 4.78 is 21.4. The van der Waals surface area contributed by atoms with Crippen LogP contribution in [0, 0.1) is 0 Å². The number of ether oxygens (including phenoxy) is 4. The lowest BCUT2D eigenvalue weighted by Crippen LogP contribution is -2.09. The first-order valence-corrected chi connectivity index (χ1v) is 6.24. The van der Waals surface area contributed by atoms with Crippen LogP contribution in [0.2, 0.25) is 0 Å². The van der Waals surface area contributed by atoms with E-state index in [2.05, 4.69) is 0 Å². The third kappa shape index (κ3) is 3.42. The molecule has 0 saturated carbocycles. The van der Waals surface area contributed by atoms with Gasteiger partial charge in [0.15, 0.2) is 0 Å². The molecule has 0 fully saturated rings. The minimum atomic E-state index is -0.464. The zero-order valence-corrected chi connectivity index (χ0v) is 11.8. The van der Waals surface area contributed by atoms with E-state index >= 15 is 0 Å². The molecule has 0 aliphatic heterocycles. The first-order valence-electron chi connectivity index (χ1n) is 6.24. The lowest BCUT2D eigenvalue weighted by atomic mass is 10.2. The van der Waals surface area contributed by atoms with Gasteiger partial charge in [0.05, 0.1) is 14.2 Å². The second-order valence-corrected chi connectivity index (χ2v) is 4.13. The standard InChI is InChI=1S/C16H18O4/c1-17-13-6-4-12(5-7-13)16(19-3)20-15-10-8-14(18-2)9-11-15/h4-11,16H,1-3H3. The van der Waals surface area contributed by atoms with Gasteiger partial charge in [0.25, 0.3) is 0 Å². The minimum Gasteiger partial charge on any atom is -0.497 e. The number of hydrogen-bond acceptors (Lipinski definition) is 4. The highest BCUT2D eigenvalue weighted by Crippen LogP contribution is 2.25. The first-order chi connectivity index (χ1) is 9.76.